The summed E-state index contributed by atoms with van der Waals surface area (Å²) in [7, 11) is 0. The number of benzene rings is 1. The zero-order valence-electron chi connectivity index (χ0n) is 10.2. The van der Waals surface area contributed by atoms with Gasteiger partial charge in [-0.1, -0.05) is 17.7 Å². The normalized spacial score (nSPS) is 10.6. The molecule has 5 nitrogen and oxygen atoms in total. The molecule has 0 aliphatic heterocycles. The Morgan fingerprint density at radius 3 is 2.61 bits per heavy atom. The molecule has 1 aromatic heterocycles. The standard InChI is InChI=1S/C13H14N2O3/c1-8-3-4-11(9(2)5-8)15-13(18)6-12(17)10(7-16)14-15/h3-6,16-17H,7H2,1-2H3. The van der Waals surface area contributed by atoms with Gasteiger partial charge in [0.05, 0.1) is 12.3 Å². The molecule has 0 fully saturated rings. The molecular weight excluding hydrogens is 232 g/mol. The molecule has 0 atom stereocenters. The highest BCUT2D eigenvalue weighted by molar-refractivity contribution is 5.42. The van der Waals surface area contributed by atoms with Crippen molar-refractivity contribution in [3.05, 3.63) is 51.4 Å². The van der Waals surface area contributed by atoms with Crippen molar-refractivity contribution in [3.63, 3.8) is 0 Å². The molecular formula is C13H14N2O3. The van der Waals surface area contributed by atoms with Gasteiger partial charge in [-0.25, -0.2) is 0 Å². The smallest absolute Gasteiger partial charge is 0.275 e. The van der Waals surface area contributed by atoms with Crippen LogP contribution in [0.25, 0.3) is 5.69 Å². The predicted molar refractivity (Wildman–Crippen MR) is 66.9 cm³/mol. The number of aromatic nitrogens is 2. The van der Waals surface area contributed by atoms with Crippen molar-refractivity contribution in [2.75, 3.05) is 0 Å². The fourth-order valence-corrected chi connectivity index (χ4v) is 1.81. The van der Waals surface area contributed by atoms with Gasteiger partial charge in [-0.2, -0.15) is 9.78 Å². The van der Waals surface area contributed by atoms with Crippen LogP contribution >= 0.6 is 0 Å². The molecule has 0 aliphatic rings. The van der Waals surface area contributed by atoms with E-state index in [-0.39, 0.29) is 11.4 Å². The van der Waals surface area contributed by atoms with Gasteiger partial charge < -0.3 is 10.2 Å². The molecule has 2 rings (SSSR count). The molecule has 0 spiro atoms. The Morgan fingerprint density at radius 1 is 1.28 bits per heavy atom. The van der Waals surface area contributed by atoms with Crippen LogP contribution in [0.1, 0.15) is 16.8 Å². The van der Waals surface area contributed by atoms with Crippen LogP contribution in [0.5, 0.6) is 5.75 Å². The molecule has 0 radical (unpaired) electrons. The molecule has 0 saturated carbocycles. The average Bonchev–Trinajstić information content (AvgIpc) is 2.30. The second-order valence-electron chi connectivity index (χ2n) is 4.17. The van der Waals surface area contributed by atoms with Gasteiger partial charge in [0.2, 0.25) is 0 Å². The van der Waals surface area contributed by atoms with Gasteiger partial charge in [-0.15, -0.1) is 0 Å². The van der Waals surface area contributed by atoms with Gasteiger partial charge in [-0.05, 0) is 25.5 Å². The number of hydrogen-bond acceptors (Lipinski definition) is 4. The highest BCUT2D eigenvalue weighted by atomic mass is 16.3. The summed E-state index contributed by atoms with van der Waals surface area (Å²) >= 11 is 0. The van der Waals surface area contributed by atoms with Crippen LogP contribution in [0.4, 0.5) is 0 Å². The largest absolute Gasteiger partial charge is 0.506 e. The van der Waals surface area contributed by atoms with Crippen molar-refractivity contribution < 1.29 is 10.2 Å². The second kappa shape index (κ2) is 4.62. The van der Waals surface area contributed by atoms with Gasteiger partial charge in [0.25, 0.3) is 5.56 Å². The average molecular weight is 246 g/mol. The monoisotopic (exact) mass is 246 g/mol. The Morgan fingerprint density at radius 2 is 2.00 bits per heavy atom. The van der Waals surface area contributed by atoms with E-state index in [1.807, 2.05) is 26.0 Å². The van der Waals surface area contributed by atoms with Crippen molar-refractivity contribution in [3.8, 4) is 11.4 Å². The first-order chi connectivity index (χ1) is 8.52. The van der Waals surface area contributed by atoms with Crippen LogP contribution in [0.15, 0.2) is 29.1 Å². The summed E-state index contributed by atoms with van der Waals surface area (Å²) in [5, 5.41) is 22.5. The van der Waals surface area contributed by atoms with Gasteiger partial charge in [0.15, 0.2) is 0 Å². The zero-order valence-corrected chi connectivity index (χ0v) is 10.2. The SMILES string of the molecule is Cc1ccc(-n2nc(CO)c(O)cc2=O)c(C)c1. The molecule has 0 saturated heterocycles. The van der Waals surface area contributed by atoms with Crippen LogP contribution in [0, 0.1) is 13.8 Å². The lowest BCUT2D eigenvalue weighted by atomic mass is 10.1. The Hall–Kier alpha value is -2.14. The lowest BCUT2D eigenvalue weighted by Crippen LogP contribution is -2.22. The van der Waals surface area contributed by atoms with E-state index in [2.05, 4.69) is 5.10 Å². The van der Waals surface area contributed by atoms with Crippen molar-refractivity contribution in [2.24, 2.45) is 0 Å². The number of aliphatic hydroxyl groups excluding tert-OH is 1. The fourth-order valence-electron chi connectivity index (χ4n) is 1.81. The quantitative estimate of drug-likeness (QED) is 0.830. The van der Waals surface area contributed by atoms with Gasteiger partial charge in [0, 0.05) is 6.07 Å². The minimum Gasteiger partial charge on any atom is -0.506 e. The Balaban J connectivity index is 2.67. The number of nitrogens with zero attached hydrogens (tertiary/aromatic N) is 2. The molecule has 18 heavy (non-hydrogen) atoms. The molecule has 0 unspecified atom stereocenters. The summed E-state index contributed by atoms with van der Waals surface area (Å²) in [6, 6.07) is 6.66. The van der Waals surface area contributed by atoms with Crippen LogP contribution in [-0.4, -0.2) is 20.0 Å². The maximum atomic E-state index is 11.8. The molecule has 2 N–H and O–H groups in total. The molecule has 0 bridgehead atoms. The molecule has 5 heteroatoms. The summed E-state index contributed by atoms with van der Waals surface area (Å²) in [6.45, 7) is 3.42. The summed E-state index contributed by atoms with van der Waals surface area (Å²) in [5.74, 6) is -0.288. The first-order valence-corrected chi connectivity index (χ1v) is 5.53. The summed E-state index contributed by atoms with van der Waals surface area (Å²) in [6.07, 6.45) is 0. The fraction of sp³-hybridized carbons (Fsp3) is 0.231. The first-order valence-electron chi connectivity index (χ1n) is 5.53. The van der Waals surface area contributed by atoms with Crippen molar-refractivity contribution in [1.29, 1.82) is 0 Å². The Bertz CT molecular complexity index is 647. The summed E-state index contributed by atoms with van der Waals surface area (Å²) in [5.41, 5.74) is 2.27. The number of aromatic hydroxyl groups is 1. The Labute approximate surface area is 104 Å². The van der Waals surface area contributed by atoms with Crippen molar-refractivity contribution in [1.82, 2.24) is 9.78 Å². The first kappa shape index (κ1) is 12.3. The second-order valence-corrected chi connectivity index (χ2v) is 4.17. The minimum atomic E-state index is -0.434. The predicted octanol–water partition coefficient (Wildman–Crippen LogP) is 1.05. The van der Waals surface area contributed by atoms with Gasteiger partial charge in [0.1, 0.15) is 11.4 Å². The number of rotatable bonds is 2. The highest BCUT2D eigenvalue weighted by Gasteiger charge is 2.10. The van der Waals surface area contributed by atoms with Gasteiger partial charge >= 0.3 is 0 Å². The molecule has 0 amide bonds. The van der Waals surface area contributed by atoms with E-state index in [0.29, 0.717) is 5.69 Å². The van der Waals surface area contributed by atoms with E-state index in [1.54, 1.807) is 6.07 Å². The number of aliphatic hydroxyl groups is 1. The van der Waals surface area contributed by atoms with E-state index in [0.717, 1.165) is 17.2 Å². The third-order valence-electron chi connectivity index (χ3n) is 2.72. The van der Waals surface area contributed by atoms with Crippen LogP contribution < -0.4 is 5.56 Å². The topological polar surface area (TPSA) is 75.3 Å². The zero-order chi connectivity index (χ0) is 13.3. The van der Waals surface area contributed by atoms with Crippen LogP contribution in [0.2, 0.25) is 0 Å². The third kappa shape index (κ3) is 2.12. The van der Waals surface area contributed by atoms with E-state index in [1.165, 1.54) is 4.68 Å². The number of aryl methyl sites for hydroxylation is 2. The lowest BCUT2D eigenvalue weighted by molar-refractivity contribution is 0.266. The van der Waals surface area contributed by atoms with E-state index >= 15 is 0 Å². The maximum Gasteiger partial charge on any atom is 0.275 e. The lowest BCUT2D eigenvalue weighted by Gasteiger charge is -2.10. The van der Waals surface area contributed by atoms with Crippen LogP contribution in [-0.2, 0) is 6.61 Å². The molecule has 2 aromatic rings. The molecule has 0 aliphatic carbocycles. The van der Waals surface area contributed by atoms with Crippen molar-refractivity contribution in [2.45, 2.75) is 20.5 Å². The van der Waals surface area contributed by atoms with E-state index < -0.39 is 12.2 Å². The van der Waals surface area contributed by atoms with Crippen molar-refractivity contribution >= 4 is 0 Å². The molecule has 94 valence electrons. The molecule has 1 aromatic carbocycles. The van der Waals surface area contributed by atoms with Gasteiger partial charge in [-0.3, -0.25) is 4.79 Å². The third-order valence-corrected chi connectivity index (χ3v) is 2.72. The maximum absolute atomic E-state index is 11.8. The van der Waals surface area contributed by atoms with E-state index in [4.69, 9.17) is 5.11 Å². The minimum absolute atomic E-state index is 0.0783. The van der Waals surface area contributed by atoms with Crippen LogP contribution in [0.3, 0.4) is 0 Å². The Kier molecular flexibility index (Phi) is 3.16. The summed E-state index contributed by atoms with van der Waals surface area (Å²) in [4.78, 5) is 11.8. The van der Waals surface area contributed by atoms with E-state index in [9.17, 15) is 9.90 Å². The summed E-state index contributed by atoms with van der Waals surface area (Å²) < 4.78 is 1.18. The number of hydrogen-bond donors (Lipinski definition) is 2. The molecule has 1 heterocycles. The highest BCUT2D eigenvalue weighted by Crippen LogP contribution is 2.16.